The monoisotopic (exact) mass is 352 g/mol. The number of fused-ring (bicyclic) bond motifs is 1. The Bertz CT molecular complexity index is 951. The molecule has 1 aromatic carbocycles. The molecule has 7 nitrogen and oxygen atoms in total. The van der Waals surface area contributed by atoms with E-state index in [0.29, 0.717) is 17.3 Å². The molecule has 2 N–H and O–H groups in total. The van der Waals surface area contributed by atoms with Crippen LogP contribution >= 0.6 is 0 Å². The highest BCUT2D eigenvalue weighted by Gasteiger charge is 2.21. The van der Waals surface area contributed by atoms with E-state index in [0.717, 1.165) is 41.8 Å². The second-order valence-corrected chi connectivity index (χ2v) is 7.23. The maximum Gasteiger partial charge on any atom is 0.160 e. The second-order valence-electron chi connectivity index (χ2n) is 7.23. The molecule has 7 heteroatoms. The van der Waals surface area contributed by atoms with E-state index in [1.807, 2.05) is 32.3 Å². The first-order chi connectivity index (χ1) is 12.5. The summed E-state index contributed by atoms with van der Waals surface area (Å²) in [6, 6.07) is 5.90. The van der Waals surface area contributed by atoms with Crippen LogP contribution in [0.3, 0.4) is 0 Å². The van der Waals surface area contributed by atoms with Crippen molar-refractivity contribution in [1.82, 2.24) is 24.9 Å². The fourth-order valence-corrected chi connectivity index (χ4v) is 3.65. The molecule has 2 aromatic heterocycles. The number of likely N-dealkylation sites (tertiary alicyclic amines) is 1. The van der Waals surface area contributed by atoms with Gasteiger partial charge in [-0.25, -0.2) is 0 Å². The number of aromatic nitrogens is 4. The Morgan fingerprint density at radius 1 is 1.23 bits per heavy atom. The molecular formula is C19H24N6O. The summed E-state index contributed by atoms with van der Waals surface area (Å²) in [5.41, 5.74) is 2.99. The van der Waals surface area contributed by atoms with Crippen molar-refractivity contribution in [2.24, 2.45) is 7.05 Å². The van der Waals surface area contributed by atoms with E-state index in [4.69, 9.17) is 0 Å². The molecule has 136 valence electrons. The van der Waals surface area contributed by atoms with Gasteiger partial charge in [0.15, 0.2) is 5.82 Å². The van der Waals surface area contributed by atoms with Crippen molar-refractivity contribution in [3.05, 3.63) is 30.0 Å². The Kier molecular flexibility index (Phi) is 4.24. The van der Waals surface area contributed by atoms with Gasteiger partial charge in [0.25, 0.3) is 0 Å². The van der Waals surface area contributed by atoms with Crippen LogP contribution in [0.4, 0.5) is 5.82 Å². The van der Waals surface area contributed by atoms with Gasteiger partial charge in [-0.05, 0) is 51.1 Å². The van der Waals surface area contributed by atoms with Gasteiger partial charge in [0.2, 0.25) is 0 Å². The van der Waals surface area contributed by atoms with Crippen LogP contribution in [0.15, 0.2) is 24.4 Å². The first kappa shape index (κ1) is 16.8. The average Bonchev–Trinajstić information content (AvgIpc) is 2.98. The van der Waals surface area contributed by atoms with Crippen LogP contribution in [0.1, 0.15) is 18.4 Å². The van der Waals surface area contributed by atoms with E-state index in [1.165, 1.54) is 6.42 Å². The number of piperidine rings is 1. The lowest BCUT2D eigenvalue weighted by molar-refractivity contribution is 0.261. The first-order valence-corrected chi connectivity index (χ1v) is 8.96. The number of anilines is 1. The summed E-state index contributed by atoms with van der Waals surface area (Å²) >= 11 is 0. The summed E-state index contributed by atoms with van der Waals surface area (Å²) in [6.07, 6.45) is 4.25. The third-order valence-corrected chi connectivity index (χ3v) is 4.93. The number of phenolic OH excluding ortho intramolecular Hbond substituents is 1. The molecular weight excluding hydrogens is 328 g/mol. The van der Waals surface area contributed by atoms with Crippen molar-refractivity contribution in [2.75, 3.05) is 25.5 Å². The molecule has 0 spiro atoms. The quantitative estimate of drug-likeness (QED) is 0.754. The molecule has 3 aromatic rings. The third kappa shape index (κ3) is 3.10. The summed E-state index contributed by atoms with van der Waals surface area (Å²) in [5, 5.41) is 28.2. The number of phenols is 1. The molecule has 4 rings (SSSR count). The van der Waals surface area contributed by atoms with Gasteiger partial charge < -0.3 is 15.3 Å². The fraction of sp³-hybridized carbons (Fsp3) is 0.421. The van der Waals surface area contributed by atoms with E-state index in [1.54, 1.807) is 10.7 Å². The van der Waals surface area contributed by atoms with E-state index in [2.05, 4.69) is 32.6 Å². The zero-order chi connectivity index (χ0) is 18.3. The van der Waals surface area contributed by atoms with Gasteiger partial charge >= 0.3 is 0 Å². The Morgan fingerprint density at radius 2 is 2.08 bits per heavy atom. The van der Waals surface area contributed by atoms with Crippen molar-refractivity contribution >= 4 is 16.7 Å². The maximum absolute atomic E-state index is 10.3. The minimum absolute atomic E-state index is 0.195. The van der Waals surface area contributed by atoms with Gasteiger partial charge in [0.1, 0.15) is 17.0 Å². The van der Waals surface area contributed by atoms with Crippen molar-refractivity contribution in [3.8, 4) is 17.0 Å². The predicted octanol–water partition coefficient (Wildman–Crippen LogP) is 2.55. The van der Waals surface area contributed by atoms with Crippen molar-refractivity contribution in [3.63, 3.8) is 0 Å². The number of rotatable bonds is 3. The molecule has 1 aliphatic heterocycles. The Hall–Kier alpha value is -2.67. The molecule has 0 saturated carbocycles. The first-order valence-electron chi connectivity index (χ1n) is 8.96. The molecule has 0 unspecified atom stereocenters. The van der Waals surface area contributed by atoms with Crippen LogP contribution in [-0.2, 0) is 7.05 Å². The third-order valence-electron chi connectivity index (χ3n) is 4.93. The SMILES string of the molecule is Cc1ccc(-c2nnc(N[C@@H]3CCCN(C)C3)c3cn(C)nc23)c(O)c1. The molecule has 0 aliphatic carbocycles. The van der Waals surface area contributed by atoms with Crippen LogP contribution in [-0.4, -0.2) is 56.2 Å². The van der Waals surface area contributed by atoms with Gasteiger partial charge in [0, 0.05) is 31.4 Å². The maximum atomic E-state index is 10.3. The molecule has 1 fully saturated rings. The fourth-order valence-electron chi connectivity index (χ4n) is 3.65. The van der Waals surface area contributed by atoms with Gasteiger partial charge in [-0.2, -0.15) is 5.10 Å². The topological polar surface area (TPSA) is 79.1 Å². The smallest absolute Gasteiger partial charge is 0.160 e. The zero-order valence-electron chi connectivity index (χ0n) is 15.4. The van der Waals surface area contributed by atoms with Crippen LogP contribution in [0.5, 0.6) is 5.75 Å². The summed E-state index contributed by atoms with van der Waals surface area (Å²) in [6.45, 7) is 4.07. The number of hydrogen-bond donors (Lipinski definition) is 2. The van der Waals surface area contributed by atoms with E-state index in [-0.39, 0.29) is 5.75 Å². The van der Waals surface area contributed by atoms with E-state index >= 15 is 0 Å². The number of nitrogens with one attached hydrogen (secondary N) is 1. The van der Waals surface area contributed by atoms with Crippen molar-refractivity contribution in [2.45, 2.75) is 25.8 Å². The molecule has 26 heavy (non-hydrogen) atoms. The van der Waals surface area contributed by atoms with Crippen LogP contribution in [0.2, 0.25) is 0 Å². The molecule has 1 saturated heterocycles. The van der Waals surface area contributed by atoms with Crippen molar-refractivity contribution < 1.29 is 5.11 Å². The number of hydrogen-bond acceptors (Lipinski definition) is 6. The molecule has 1 aliphatic rings. The highest BCUT2D eigenvalue weighted by molar-refractivity contribution is 5.98. The molecule has 0 bridgehead atoms. The van der Waals surface area contributed by atoms with Crippen LogP contribution < -0.4 is 5.32 Å². The van der Waals surface area contributed by atoms with E-state index in [9.17, 15) is 5.11 Å². The standard InChI is InChI=1S/C19H24N6O/c1-12-6-7-14(16(26)9-12)17-18-15(11-25(3)23-18)19(22-21-17)20-13-5-4-8-24(2)10-13/h6-7,9,11,13,26H,4-5,8,10H2,1-3H3,(H,20,22)/t13-/m1/s1. The normalized spacial score (nSPS) is 18.3. The van der Waals surface area contributed by atoms with Gasteiger partial charge in [-0.15, -0.1) is 10.2 Å². The summed E-state index contributed by atoms with van der Waals surface area (Å²) < 4.78 is 1.76. The minimum atomic E-state index is 0.195. The van der Waals surface area contributed by atoms with Crippen LogP contribution in [0.25, 0.3) is 22.2 Å². The predicted molar refractivity (Wildman–Crippen MR) is 102 cm³/mol. The van der Waals surface area contributed by atoms with E-state index < -0.39 is 0 Å². The average molecular weight is 352 g/mol. The number of likely N-dealkylation sites (N-methyl/N-ethyl adjacent to an activating group) is 1. The highest BCUT2D eigenvalue weighted by Crippen LogP contribution is 2.34. The summed E-state index contributed by atoms with van der Waals surface area (Å²) in [4.78, 5) is 2.33. The highest BCUT2D eigenvalue weighted by atomic mass is 16.3. The zero-order valence-corrected chi connectivity index (χ0v) is 15.4. The molecule has 1 atom stereocenters. The molecule has 3 heterocycles. The van der Waals surface area contributed by atoms with Crippen molar-refractivity contribution in [1.29, 1.82) is 0 Å². The molecule has 0 radical (unpaired) electrons. The van der Waals surface area contributed by atoms with Gasteiger partial charge in [-0.3, -0.25) is 4.68 Å². The largest absolute Gasteiger partial charge is 0.507 e. The number of aryl methyl sites for hydroxylation is 2. The van der Waals surface area contributed by atoms with Gasteiger partial charge in [-0.1, -0.05) is 6.07 Å². The summed E-state index contributed by atoms with van der Waals surface area (Å²) in [5.74, 6) is 0.949. The lowest BCUT2D eigenvalue weighted by atomic mass is 10.1. The lowest BCUT2D eigenvalue weighted by Gasteiger charge is -2.30. The number of nitrogens with zero attached hydrogens (tertiary/aromatic N) is 5. The second kappa shape index (κ2) is 6.57. The Balaban J connectivity index is 1.76. The minimum Gasteiger partial charge on any atom is -0.507 e. The summed E-state index contributed by atoms with van der Waals surface area (Å²) in [7, 11) is 4.03. The lowest BCUT2D eigenvalue weighted by Crippen LogP contribution is -2.40. The Labute approximate surface area is 152 Å². The van der Waals surface area contributed by atoms with Crippen LogP contribution in [0, 0.1) is 6.92 Å². The molecule has 0 amide bonds. The Morgan fingerprint density at radius 3 is 2.85 bits per heavy atom. The van der Waals surface area contributed by atoms with Gasteiger partial charge in [0.05, 0.1) is 5.39 Å². The number of aromatic hydroxyl groups is 1. The number of benzene rings is 1.